The number of carbonyl (C=O) groups is 1. The number of primary amides is 1. The summed E-state index contributed by atoms with van der Waals surface area (Å²) < 4.78 is 26.0. The Labute approximate surface area is 106 Å². The van der Waals surface area contributed by atoms with Gasteiger partial charge in [0.1, 0.15) is 10.7 Å². The molecule has 0 aliphatic rings. The van der Waals surface area contributed by atoms with Crippen LogP contribution in [0, 0.1) is 0 Å². The van der Waals surface area contributed by atoms with Gasteiger partial charge in [-0.25, -0.2) is 18.1 Å². The predicted octanol–water partition coefficient (Wildman–Crippen LogP) is -0.333. The molecule has 4 N–H and O–H groups in total. The summed E-state index contributed by atoms with van der Waals surface area (Å²) >= 11 is 0. The summed E-state index contributed by atoms with van der Waals surface area (Å²) in [6.45, 7) is 2.12. The minimum absolute atomic E-state index is 0.000278. The van der Waals surface area contributed by atoms with Gasteiger partial charge in [0.25, 0.3) is 0 Å². The minimum Gasteiger partial charge on any atom is -0.369 e. The van der Waals surface area contributed by atoms with Gasteiger partial charge in [0.05, 0.1) is 6.54 Å². The van der Waals surface area contributed by atoms with E-state index in [9.17, 15) is 13.2 Å². The van der Waals surface area contributed by atoms with Crippen LogP contribution in [0.25, 0.3) is 0 Å². The van der Waals surface area contributed by atoms with Gasteiger partial charge in [-0.15, -0.1) is 0 Å². The summed E-state index contributed by atoms with van der Waals surface area (Å²) in [4.78, 5) is 14.6. The number of rotatable bonds is 7. The van der Waals surface area contributed by atoms with Crippen LogP contribution in [0.15, 0.2) is 23.2 Å². The number of nitrogens with zero attached hydrogens (tertiary/aromatic N) is 1. The SMILES string of the molecule is CCCNc1ncccc1S(=O)(=O)NCC(N)=O. The Bertz CT molecular complexity index is 516. The van der Waals surface area contributed by atoms with Gasteiger partial charge in [-0.2, -0.15) is 0 Å². The van der Waals surface area contributed by atoms with E-state index in [4.69, 9.17) is 5.73 Å². The average Bonchev–Trinajstić information content (AvgIpc) is 2.34. The molecule has 0 fully saturated rings. The molecule has 0 aliphatic carbocycles. The highest BCUT2D eigenvalue weighted by atomic mass is 32.2. The van der Waals surface area contributed by atoms with Gasteiger partial charge < -0.3 is 11.1 Å². The molecule has 0 saturated heterocycles. The van der Waals surface area contributed by atoms with Crippen LogP contribution in [0.4, 0.5) is 5.82 Å². The molecule has 0 saturated carbocycles. The summed E-state index contributed by atoms with van der Waals surface area (Å²) in [5.74, 6) is -0.484. The number of amides is 1. The molecule has 1 amide bonds. The monoisotopic (exact) mass is 272 g/mol. The van der Waals surface area contributed by atoms with Crippen LogP contribution in [0.1, 0.15) is 13.3 Å². The van der Waals surface area contributed by atoms with Crippen LogP contribution in [0.5, 0.6) is 0 Å². The van der Waals surface area contributed by atoms with E-state index in [-0.39, 0.29) is 10.7 Å². The van der Waals surface area contributed by atoms with Gasteiger partial charge >= 0.3 is 0 Å². The number of nitrogens with one attached hydrogen (secondary N) is 2. The van der Waals surface area contributed by atoms with E-state index in [1.165, 1.54) is 18.3 Å². The first-order chi connectivity index (χ1) is 8.47. The fourth-order valence-corrected chi connectivity index (χ4v) is 2.35. The van der Waals surface area contributed by atoms with E-state index in [1.54, 1.807) is 0 Å². The van der Waals surface area contributed by atoms with Crippen molar-refractivity contribution >= 4 is 21.7 Å². The van der Waals surface area contributed by atoms with Gasteiger partial charge in [0.15, 0.2) is 0 Å². The van der Waals surface area contributed by atoms with Crippen LogP contribution in [0.2, 0.25) is 0 Å². The Hall–Kier alpha value is -1.67. The fourth-order valence-electron chi connectivity index (χ4n) is 1.23. The molecule has 0 atom stereocenters. The first-order valence-electron chi connectivity index (χ1n) is 5.44. The number of pyridine rings is 1. The van der Waals surface area contributed by atoms with E-state index >= 15 is 0 Å². The molecule has 0 bridgehead atoms. The largest absolute Gasteiger partial charge is 0.369 e. The number of aromatic nitrogens is 1. The normalized spacial score (nSPS) is 11.2. The van der Waals surface area contributed by atoms with Crippen molar-refractivity contribution in [2.45, 2.75) is 18.2 Å². The summed E-state index contributed by atoms with van der Waals surface area (Å²) in [5, 5.41) is 2.91. The molecule has 7 nitrogen and oxygen atoms in total. The van der Waals surface area contributed by atoms with Gasteiger partial charge in [0, 0.05) is 12.7 Å². The maximum atomic E-state index is 11.9. The van der Waals surface area contributed by atoms with E-state index in [0.29, 0.717) is 6.54 Å². The minimum atomic E-state index is -3.79. The van der Waals surface area contributed by atoms with Crippen molar-refractivity contribution in [3.63, 3.8) is 0 Å². The molecule has 1 aromatic heterocycles. The van der Waals surface area contributed by atoms with Crippen LogP contribution in [0.3, 0.4) is 0 Å². The summed E-state index contributed by atoms with van der Waals surface area (Å²) in [6, 6.07) is 2.92. The molecular formula is C10H16N4O3S. The number of sulfonamides is 1. The summed E-state index contributed by atoms with van der Waals surface area (Å²) in [6.07, 6.45) is 2.33. The van der Waals surface area contributed by atoms with Crippen molar-refractivity contribution in [3.8, 4) is 0 Å². The average molecular weight is 272 g/mol. The Kier molecular flexibility index (Phi) is 5.05. The molecule has 100 valence electrons. The Balaban J connectivity index is 2.96. The second-order valence-electron chi connectivity index (χ2n) is 3.57. The lowest BCUT2D eigenvalue weighted by molar-refractivity contribution is -0.116. The quantitative estimate of drug-likeness (QED) is 0.628. The summed E-state index contributed by atoms with van der Waals surface area (Å²) in [5.41, 5.74) is 4.90. The molecule has 18 heavy (non-hydrogen) atoms. The lowest BCUT2D eigenvalue weighted by Crippen LogP contribution is -2.33. The number of hydrogen-bond acceptors (Lipinski definition) is 5. The van der Waals surface area contributed by atoms with Crippen molar-refractivity contribution < 1.29 is 13.2 Å². The number of hydrogen-bond donors (Lipinski definition) is 3. The van der Waals surface area contributed by atoms with Crippen LogP contribution in [-0.4, -0.2) is 32.4 Å². The molecule has 0 radical (unpaired) electrons. The van der Waals surface area contributed by atoms with Gasteiger partial charge in [-0.3, -0.25) is 4.79 Å². The Morgan fingerprint density at radius 3 is 2.83 bits per heavy atom. The maximum absolute atomic E-state index is 11.9. The highest BCUT2D eigenvalue weighted by Gasteiger charge is 2.19. The Morgan fingerprint density at radius 2 is 2.22 bits per heavy atom. The van der Waals surface area contributed by atoms with Gasteiger partial charge in [-0.1, -0.05) is 6.92 Å². The molecular weight excluding hydrogens is 256 g/mol. The third kappa shape index (κ3) is 3.97. The highest BCUT2D eigenvalue weighted by molar-refractivity contribution is 7.89. The first-order valence-corrected chi connectivity index (χ1v) is 6.92. The number of anilines is 1. The number of nitrogens with two attached hydrogens (primary N) is 1. The van der Waals surface area contributed by atoms with E-state index in [2.05, 4.69) is 15.0 Å². The standard InChI is InChI=1S/C10H16N4O3S/c1-2-5-12-10-8(4-3-6-13-10)18(16,17)14-7-9(11)15/h3-4,6,14H,2,5,7H2,1H3,(H2,11,15)(H,12,13). The second-order valence-corrected chi connectivity index (χ2v) is 5.30. The zero-order valence-electron chi connectivity index (χ0n) is 10.0. The molecule has 0 aliphatic heterocycles. The van der Waals surface area contributed by atoms with Crippen LogP contribution < -0.4 is 15.8 Å². The van der Waals surface area contributed by atoms with Crippen molar-refractivity contribution in [2.75, 3.05) is 18.4 Å². The maximum Gasteiger partial charge on any atom is 0.244 e. The van der Waals surface area contributed by atoms with Gasteiger partial charge in [0.2, 0.25) is 15.9 Å². The zero-order chi connectivity index (χ0) is 13.6. The van der Waals surface area contributed by atoms with E-state index in [1.807, 2.05) is 6.92 Å². The van der Waals surface area contributed by atoms with E-state index in [0.717, 1.165) is 6.42 Å². The van der Waals surface area contributed by atoms with Crippen molar-refractivity contribution in [1.82, 2.24) is 9.71 Å². The molecule has 1 rings (SSSR count). The van der Waals surface area contributed by atoms with Gasteiger partial charge in [-0.05, 0) is 18.6 Å². The van der Waals surface area contributed by atoms with Crippen molar-refractivity contribution in [3.05, 3.63) is 18.3 Å². The molecule has 0 spiro atoms. The molecule has 0 unspecified atom stereocenters. The van der Waals surface area contributed by atoms with E-state index < -0.39 is 22.5 Å². The molecule has 8 heteroatoms. The second kappa shape index (κ2) is 6.31. The predicted molar refractivity (Wildman–Crippen MR) is 67.4 cm³/mol. The van der Waals surface area contributed by atoms with Crippen LogP contribution >= 0.6 is 0 Å². The molecule has 0 aromatic carbocycles. The Morgan fingerprint density at radius 1 is 1.50 bits per heavy atom. The topological polar surface area (TPSA) is 114 Å². The lowest BCUT2D eigenvalue weighted by atomic mass is 10.4. The molecule has 1 aromatic rings. The molecule has 1 heterocycles. The van der Waals surface area contributed by atoms with Crippen molar-refractivity contribution in [2.24, 2.45) is 5.73 Å². The highest BCUT2D eigenvalue weighted by Crippen LogP contribution is 2.17. The third-order valence-electron chi connectivity index (χ3n) is 2.04. The zero-order valence-corrected chi connectivity index (χ0v) is 10.8. The fraction of sp³-hybridized carbons (Fsp3) is 0.400. The summed E-state index contributed by atoms with van der Waals surface area (Å²) in [7, 11) is -3.79. The smallest absolute Gasteiger partial charge is 0.244 e. The third-order valence-corrected chi connectivity index (χ3v) is 3.47. The lowest BCUT2D eigenvalue weighted by Gasteiger charge is -2.10. The van der Waals surface area contributed by atoms with Crippen LogP contribution in [-0.2, 0) is 14.8 Å². The number of carbonyl (C=O) groups excluding carboxylic acids is 1. The first kappa shape index (κ1) is 14.4. The van der Waals surface area contributed by atoms with Crippen molar-refractivity contribution in [1.29, 1.82) is 0 Å².